The van der Waals surface area contributed by atoms with Gasteiger partial charge in [0.05, 0.1) is 55.5 Å². The molecule has 8 nitrogen and oxygen atoms in total. The molecular weight excluding hydrogens is 386 g/mol. The highest BCUT2D eigenvalue weighted by Crippen LogP contribution is 2.35. The van der Waals surface area contributed by atoms with Gasteiger partial charge in [-0.1, -0.05) is 6.07 Å². The van der Waals surface area contributed by atoms with E-state index in [9.17, 15) is 14.3 Å². The van der Waals surface area contributed by atoms with Gasteiger partial charge in [0, 0.05) is 23.6 Å². The second-order valence-electron chi connectivity index (χ2n) is 5.54. The van der Waals surface area contributed by atoms with Crippen LogP contribution in [-0.2, 0) is 16.6 Å². The maximum atomic E-state index is 12.5. The van der Waals surface area contributed by atoms with Crippen LogP contribution in [0.25, 0.3) is 6.08 Å². The number of nitro groups is 1. The highest BCUT2D eigenvalue weighted by molar-refractivity contribution is 7.87. The van der Waals surface area contributed by atoms with Gasteiger partial charge in [-0.05, 0) is 17.7 Å². The molecule has 9 heteroatoms. The van der Waals surface area contributed by atoms with Crippen LogP contribution < -0.4 is 18.9 Å². The average Bonchev–Trinajstić information content (AvgIpc) is 2.71. The predicted molar refractivity (Wildman–Crippen MR) is 107 cm³/mol. The van der Waals surface area contributed by atoms with Crippen molar-refractivity contribution in [2.45, 2.75) is 5.75 Å². The molecule has 0 fully saturated rings. The molecule has 0 aromatic heterocycles. The molecule has 0 amide bonds. The van der Waals surface area contributed by atoms with Gasteiger partial charge >= 0.3 is 5.69 Å². The van der Waals surface area contributed by atoms with E-state index in [1.54, 1.807) is 24.3 Å². The van der Waals surface area contributed by atoms with E-state index < -0.39 is 15.7 Å². The summed E-state index contributed by atoms with van der Waals surface area (Å²) in [6.45, 7) is 0. The zero-order chi connectivity index (χ0) is 20.7. The number of methoxy groups -OCH3 is 4. The summed E-state index contributed by atoms with van der Waals surface area (Å²) >= 11 is 0. The zero-order valence-electron chi connectivity index (χ0n) is 16.0. The van der Waals surface area contributed by atoms with Crippen LogP contribution >= 0.6 is 0 Å². The van der Waals surface area contributed by atoms with Crippen molar-refractivity contribution in [2.24, 2.45) is 0 Å². The Morgan fingerprint density at radius 3 is 2.07 bits per heavy atom. The highest BCUT2D eigenvalue weighted by atomic mass is 32.2. The van der Waals surface area contributed by atoms with Gasteiger partial charge in [-0.15, -0.1) is 0 Å². The third-order valence-electron chi connectivity index (χ3n) is 3.89. The number of hydrogen-bond donors (Lipinski definition) is 0. The maximum absolute atomic E-state index is 12.5. The Kier molecular flexibility index (Phi) is 7.39. The molecule has 2 aromatic carbocycles. The summed E-state index contributed by atoms with van der Waals surface area (Å²) in [5.41, 5.74) is 1.00. The Balaban J connectivity index is 2.25. The minimum absolute atomic E-state index is 0.113. The van der Waals surface area contributed by atoms with Crippen molar-refractivity contribution in [3.8, 4) is 23.0 Å². The van der Waals surface area contributed by atoms with Crippen molar-refractivity contribution in [3.05, 3.63) is 57.0 Å². The first-order valence-electron chi connectivity index (χ1n) is 8.10. The molecule has 0 saturated heterocycles. The van der Waals surface area contributed by atoms with Crippen LogP contribution in [0.2, 0.25) is 0 Å². The number of hydrogen-bond acceptors (Lipinski definition) is 7. The number of nitro benzene ring substituents is 1. The lowest BCUT2D eigenvalue weighted by Gasteiger charge is -2.12. The van der Waals surface area contributed by atoms with Gasteiger partial charge in [0.15, 0.2) is 5.75 Å². The fraction of sp³-hybridized carbons (Fsp3) is 0.263. The van der Waals surface area contributed by atoms with E-state index in [-0.39, 0.29) is 17.2 Å². The van der Waals surface area contributed by atoms with Crippen molar-refractivity contribution in [3.63, 3.8) is 0 Å². The molecule has 2 rings (SSSR count). The van der Waals surface area contributed by atoms with E-state index in [4.69, 9.17) is 18.9 Å². The molecule has 0 saturated carbocycles. The lowest BCUT2D eigenvalue weighted by atomic mass is 10.1. The fourth-order valence-electron chi connectivity index (χ4n) is 2.52. The first kappa shape index (κ1) is 21.2. The number of ether oxygens (including phenoxy) is 4. The molecule has 0 radical (unpaired) electrons. The number of nitrogens with zero attached hydrogens (tertiary/aromatic N) is 1. The Bertz CT molecular complexity index is 886. The van der Waals surface area contributed by atoms with Crippen LogP contribution in [0.3, 0.4) is 0 Å². The quantitative estimate of drug-likeness (QED) is 0.463. The Morgan fingerprint density at radius 1 is 0.964 bits per heavy atom. The van der Waals surface area contributed by atoms with Gasteiger partial charge < -0.3 is 18.9 Å². The maximum Gasteiger partial charge on any atom is 0.311 e. The van der Waals surface area contributed by atoms with E-state index >= 15 is 0 Å². The minimum Gasteiger partial charge on any atom is -0.496 e. The topological polar surface area (TPSA) is 97.1 Å². The van der Waals surface area contributed by atoms with Crippen molar-refractivity contribution in [1.82, 2.24) is 0 Å². The molecule has 0 bridgehead atoms. The molecule has 1 unspecified atom stereocenters. The minimum atomic E-state index is -1.42. The van der Waals surface area contributed by atoms with Gasteiger partial charge in [-0.2, -0.15) is 0 Å². The number of benzene rings is 2. The molecule has 0 heterocycles. The van der Waals surface area contributed by atoms with Crippen molar-refractivity contribution in [1.29, 1.82) is 0 Å². The zero-order valence-corrected chi connectivity index (χ0v) is 16.8. The summed E-state index contributed by atoms with van der Waals surface area (Å²) < 4.78 is 33.3. The third kappa shape index (κ3) is 5.01. The summed E-state index contributed by atoms with van der Waals surface area (Å²) in [4.78, 5) is 10.6. The first-order valence-corrected chi connectivity index (χ1v) is 9.48. The van der Waals surface area contributed by atoms with E-state index in [1.165, 1.54) is 46.0 Å². The average molecular weight is 407 g/mol. The highest BCUT2D eigenvalue weighted by Gasteiger charge is 2.16. The van der Waals surface area contributed by atoms with Crippen molar-refractivity contribution in [2.75, 3.05) is 28.4 Å². The second kappa shape index (κ2) is 9.75. The normalized spacial score (nSPS) is 11.9. The van der Waals surface area contributed by atoms with Gasteiger partial charge in [-0.3, -0.25) is 14.3 Å². The molecular formula is C19H21NO7S. The van der Waals surface area contributed by atoms with Crippen LogP contribution in [0, 0.1) is 10.1 Å². The first-order chi connectivity index (χ1) is 13.4. The van der Waals surface area contributed by atoms with E-state index in [0.717, 1.165) is 0 Å². The molecule has 0 N–H and O–H groups in total. The lowest BCUT2D eigenvalue weighted by Crippen LogP contribution is -1.98. The smallest absolute Gasteiger partial charge is 0.311 e. The van der Waals surface area contributed by atoms with Crippen LogP contribution in [-0.4, -0.2) is 37.6 Å². The number of rotatable bonds is 9. The molecule has 0 aliphatic carbocycles. The summed E-state index contributed by atoms with van der Waals surface area (Å²) in [6, 6.07) is 7.88. The predicted octanol–water partition coefficient (Wildman–Crippen LogP) is 3.55. The largest absolute Gasteiger partial charge is 0.496 e. The second-order valence-corrected chi connectivity index (χ2v) is 6.86. The molecule has 2 aromatic rings. The monoisotopic (exact) mass is 407 g/mol. The van der Waals surface area contributed by atoms with Crippen LogP contribution in [0.4, 0.5) is 5.69 Å². The van der Waals surface area contributed by atoms with Gasteiger partial charge in [0.25, 0.3) is 0 Å². The Morgan fingerprint density at radius 2 is 1.57 bits per heavy atom. The van der Waals surface area contributed by atoms with Crippen LogP contribution in [0.1, 0.15) is 11.1 Å². The lowest BCUT2D eigenvalue weighted by molar-refractivity contribution is -0.385. The van der Waals surface area contributed by atoms with Crippen LogP contribution in [0.15, 0.2) is 35.7 Å². The fourth-order valence-corrected chi connectivity index (χ4v) is 3.41. The van der Waals surface area contributed by atoms with Crippen molar-refractivity contribution >= 4 is 22.6 Å². The SMILES string of the molecule is COc1cc(OC)c(/C=C\S(=O)Cc2ccc(OC)c([N+](=O)[O-])c2)c(OC)c1. The third-order valence-corrected chi connectivity index (χ3v) is 4.95. The Labute approximate surface area is 165 Å². The molecule has 0 aliphatic heterocycles. The van der Waals surface area contributed by atoms with E-state index in [0.29, 0.717) is 28.4 Å². The van der Waals surface area contributed by atoms with Gasteiger partial charge in [0.2, 0.25) is 0 Å². The standard InChI is InChI=1S/C19H21NO7S/c1-24-14-10-18(26-3)15(19(11-14)27-4)7-8-28(23)12-13-5-6-17(25-2)16(9-13)20(21)22/h5-11H,12H2,1-4H3/b8-7-. The molecule has 0 aliphatic rings. The molecule has 1 atom stereocenters. The summed E-state index contributed by atoms with van der Waals surface area (Å²) in [5.74, 6) is 1.84. The molecule has 28 heavy (non-hydrogen) atoms. The molecule has 0 spiro atoms. The molecule has 150 valence electrons. The summed E-state index contributed by atoms with van der Waals surface area (Å²) in [6.07, 6.45) is 1.63. The van der Waals surface area contributed by atoms with Gasteiger partial charge in [-0.25, -0.2) is 0 Å². The summed E-state index contributed by atoms with van der Waals surface area (Å²) in [5, 5.41) is 12.6. The van der Waals surface area contributed by atoms with Crippen LogP contribution in [0.5, 0.6) is 23.0 Å². The summed E-state index contributed by atoms with van der Waals surface area (Å²) in [7, 11) is 4.50. The van der Waals surface area contributed by atoms with E-state index in [1.807, 2.05) is 0 Å². The van der Waals surface area contributed by atoms with Gasteiger partial charge in [0.1, 0.15) is 17.2 Å². The van der Waals surface area contributed by atoms with E-state index in [2.05, 4.69) is 0 Å². The Hall–Kier alpha value is -3.07. The van der Waals surface area contributed by atoms with Crippen molar-refractivity contribution < 1.29 is 28.1 Å².